The quantitative estimate of drug-likeness (QED) is 0.733. The molecule has 0 amide bonds. The van der Waals surface area contributed by atoms with Gasteiger partial charge in [-0.25, -0.2) is 0 Å². The van der Waals surface area contributed by atoms with Gasteiger partial charge in [-0.05, 0) is 24.2 Å². The predicted molar refractivity (Wildman–Crippen MR) is 58.7 cm³/mol. The highest BCUT2D eigenvalue weighted by atomic mass is 16.4. The third-order valence-corrected chi connectivity index (χ3v) is 4.49. The summed E-state index contributed by atoms with van der Waals surface area (Å²) in [6.45, 7) is 3.71. The second-order valence-electron chi connectivity index (χ2n) is 5.36. The number of carbonyl (C=O) groups is 1. The molecule has 1 saturated heterocycles. The standard InChI is InChI=1S/C12H21NO2/c1-12(9-5-3-2-4-6-9)8-13-7-10(12)11(14)15/h9-10,13H,2-8H2,1H3,(H,14,15). The smallest absolute Gasteiger partial charge is 0.308 e. The van der Waals surface area contributed by atoms with Crippen LogP contribution in [0.3, 0.4) is 0 Å². The van der Waals surface area contributed by atoms with Crippen molar-refractivity contribution in [1.29, 1.82) is 0 Å². The van der Waals surface area contributed by atoms with Crippen molar-refractivity contribution in [3.8, 4) is 0 Å². The van der Waals surface area contributed by atoms with Gasteiger partial charge in [0.2, 0.25) is 0 Å². The molecule has 3 nitrogen and oxygen atoms in total. The molecule has 1 saturated carbocycles. The Kier molecular flexibility index (Phi) is 3.01. The van der Waals surface area contributed by atoms with E-state index in [4.69, 9.17) is 0 Å². The molecule has 0 bridgehead atoms. The number of hydrogen-bond acceptors (Lipinski definition) is 2. The Morgan fingerprint density at radius 2 is 2.00 bits per heavy atom. The largest absolute Gasteiger partial charge is 0.481 e. The van der Waals surface area contributed by atoms with E-state index in [-0.39, 0.29) is 11.3 Å². The lowest BCUT2D eigenvalue weighted by Gasteiger charge is -2.39. The van der Waals surface area contributed by atoms with Crippen molar-refractivity contribution in [3.63, 3.8) is 0 Å². The SMILES string of the molecule is CC1(C2CCCCC2)CNCC1C(=O)O. The van der Waals surface area contributed by atoms with Gasteiger partial charge in [-0.2, -0.15) is 0 Å². The third kappa shape index (κ3) is 1.89. The molecule has 0 aromatic carbocycles. The van der Waals surface area contributed by atoms with Gasteiger partial charge in [-0.15, -0.1) is 0 Å². The summed E-state index contributed by atoms with van der Waals surface area (Å²) >= 11 is 0. The highest BCUT2D eigenvalue weighted by molar-refractivity contribution is 5.72. The average Bonchev–Trinajstić information content (AvgIpc) is 2.63. The van der Waals surface area contributed by atoms with Gasteiger partial charge >= 0.3 is 5.97 Å². The molecule has 0 aromatic rings. The second kappa shape index (κ2) is 4.12. The van der Waals surface area contributed by atoms with E-state index < -0.39 is 5.97 Å². The molecule has 0 spiro atoms. The minimum Gasteiger partial charge on any atom is -0.481 e. The molecule has 3 heteroatoms. The molecule has 86 valence electrons. The van der Waals surface area contributed by atoms with Crippen LogP contribution in [0, 0.1) is 17.3 Å². The topological polar surface area (TPSA) is 49.3 Å². The van der Waals surface area contributed by atoms with Crippen LogP contribution in [0.1, 0.15) is 39.0 Å². The van der Waals surface area contributed by atoms with Crippen LogP contribution in [0.5, 0.6) is 0 Å². The molecule has 0 aromatic heterocycles. The fourth-order valence-electron chi connectivity index (χ4n) is 3.40. The van der Waals surface area contributed by atoms with Crippen LogP contribution in [0.2, 0.25) is 0 Å². The van der Waals surface area contributed by atoms with Crippen molar-refractivity contribution in [2.75, 3.05) is 13.1 Å². The first kappa shape index (κ1) is 10.9. The van der Waals surface area contributed by atoms with E-state index in [0.717, 1.165) is 6.54 Å². The maximum Gasteiger partial charge on any atom is 0.308 e. The van der Waals surface area contributed by atoms with Crippen molar-refractivity contribution in [3.05, 3.63) is 0 Å². The summed E-state index contributed by atoms with van der Waals surface area (Å²) in [5.74, 6) is -0.184. The number of carboxylic acid groups (broad SMARTS) is 1. The molecule has 1 aliphatic carbocycles. The Morgan fingerprint density at radius 1 is 1.33 bits per heavy atom. The minimum atomic E-state index is -0.618. The normalized spacial score (nSPS) is 38.1. The molecular weight excluding hydrogens is 190 g/mol. The molecule has 2 aliphatic rings. The molecule has 2 rings (SSSR count). The molecular formula is C12H21NO2. The van der Waals surface area contributed by atoms with Gasteiger partial charge in [0.1, 0.15) is 0 Å². The monoisotopic (exact) mass is 211 g/mol. The maximum atomic E-state index is 11.2. The zero-order valence-electron chi connectivity index (χ0n) is 9.46. The molecule has 2 unspecified atom stereocenters. The van der Waals surface area contributed by atoms with Gasteiger partial charge in [-0.1, -0.05) is 26.2 Å². The van der Waals surface area contributed by atoms with Crippen LogP contribution in [0.25, 0.3) is 0 Å². The van der Waals surface area contributed by atoms with Gasteiger partial charge < -0.3 is 10.4 Å². The molecule has 15 heavy (non-hydrogen) atoms. The molecule has 2 fully saturated rings. The van der Waals surface area contributed by atoms with E-state index in [1.807, 2.05) is 0 Å². The Labute approximate surface area is 91.2 Å². The Hall–Kier alpha value is -0.570. The predicted octanol–water partition coefficient (Wildman–Crippen LogP) is 1.88. The van der Waals surface area contributed by atoms with Crippen molar-refractivity contribution < 1.29 is 9.90 Å². The minimum absolute atomic E-state index is 0.00769. The number of rotatable bonds is 2. The fraction of sp³-hybridized carbons (Fsp3) is 0.917. The molecule has 0 radical (unpaired) electrons. The number of aliphatic carboxylic acids is 1. The summed E-state index contributed by atoms with van der Waals surface area (Å²) < 4.78 is 0. The van der Waals surface area contributed by atoms with Crippen molar-refractivity contribution >= 4 is 5.97 Å². The summed E-state index contributed by atoms with van der Waals surface area (Å²) in [7, 11) is 0. The van der Waals surface area contributed by atoms with Gasteiger partial charge in [-0.3, -0.25) is 4.79 Å². The van der Waals surface area contributed by atoms with Gasteiger partial charge in [0.25, 0.3) is 0 Å². The summed E-state index contributed by atoms with van der Waals surface area (Å²) in [4.78, 5) is 11.2. The molecule has 1 aliphatic heterocycles. The van der Waals surface area contributed by atoms with Crippen molar-refractivity contribution in [2.45, 2.75) is 39.0 Å². The average molecular weight is 211 g/mol. The second-order valence-corrected chi connectivity index (χ2v) is 5.36. The number of hydrogen-bond donors (Lipinski definition) is 2. The molecule has 2 N–H and O–H groups in total. The summed E-state index contributed by atoms with van der Waals surface area (Å²) in [6, 6.07) is 0. The van der Waals surface area contributed by atoms with Crippen LogP contribution in [-0.4, -0.2) is 24.2 Å². The Bertz CT molecular complexity index is 248. The van der Waals surface area contributed by atoms with Gasteiger partial charge in [0, 0.05) is 13.1 Å². The van der Waals surface area contributed by atoms with E-state index >= 15 is 0 Å². The van der Waals surface area contributed by atoms with Crippen LogP contribution in [0.4, 0.5) is 0 Å². The maximum absolute atomic E-state index is 11.2. The summed E-state index contributed by atoms with van der Waals surface area (Å²) in [5.41, 5.74) is -0.00769. The zero-order valence-corrected chi connectivity index (χ0v) is 9.46. The number of nitrogens with one attached hydrogen (secondary N) is 1. The summed E-state index contributed by atoms with van der Waals surface area (Å²) in [5, 5.41) is 12.5. The van der Waals surface area contributed by atoms with Crippen molar-refractivity contribution in [1.82, 2.24) is 5.32 Å². The molecule has 2 atom stereocenters. The lowest BCUT2D eigenvalue weighted by molar-refractivity contribution is -0.145. The highest BCUT2D eigenvalue weighted by Gasteiger charge is 2.48. The van der Waals surface area contributed by atoms with Crippen LogP contribution < -0.4 is 5.32 Å². The highest BCUT2D eigenvalue weighted by Crippen LogP contribution is 2.45. The van der Waals surface area contributed by atoms with Crippen LogP contribution >= 0.6 is 0 Å². The summed E-state index contributed by atoms with van der Waals surface area (Å²) in [6.07, 6.45) is 6.35. The van der Waals surface area contributed by atoms with E-state index in [1.54, 1.807) is 0 Å². The molecule has 1 heterocycles. The number of carboxylic acids is 1. The first-order valence-electron chi connectivity index (χ1n) is 6.08. The van der Waals surface area contributed by atoms with Crippen LogP contribution in [0.15, 0.2) is 0 Å². The van der Waals surface area contributed by atoms with Gasteiger partial charge in [0.15, 0.2) is 0 Å². The Morgan fingerprint density at radius 3 is 2.60 bits per heavy atom. The first-order chi connectivity index (χ1) is 7.14. The van der Waals surface area contributed by atoms with E-state index in [0.29, 0.717) is 12.5 Å². The van der Waals surface area contributed by atoms with E-state index in [9.17, 15) is 9.90 Å². The van der Waals surface area contributed by atoms with Gasteiger partial charge in [0.05, 0.1) is 5.92 Å². The fourth-order valence-corrected chi connectivity index (χ4v) is 3.40. The Balaban J connectivity index is 2.12. The zero-order chi connectivity index (χ0) is 10.9. The first-order valence-corrected chi connectivity index (χ1v) is 6.08. The lowest BCUT2D eigenvalue weighted by atomic mass is 9.65. The third-order valence-electron chi connectivity index (χ3n) is 4.49. The van der Waals surface area contributed by atoms with Crippen LogP contribution in [-0.2, 0) is 4.79 Å². The lowest BCUT2D eigenvalue weighted by Crippen LogP contribution is -2.39. The van der Waals surface area contributed by atoms with E-state index in [2.05, 4.69) is 12.2 Å². The van der Waals surface area contributed by atoms with Crippen molar-refractivity contribution in [2.24, 2.45) is 17.3 Å². The van der Waals surface area contributed by atoms with E-state index in [1.165, 1.54) is 32.1 Å².